The van der Waals surface area contributed by atoms with Crippen LogP contribution >= 0.6 is 0 Å². The molecule has 0 radical (unpaired) electrons. The topological polar surface area (TPSA) is 106 Å². The van der Waals surface area contributed by atoms with Gasteiger partial charge in [0, 0.05) is 32.7 Å². The van der Waals surface area contributed by atoms with Gasteiger partial charge in [-0.15, -0.1) is 0 Å². The van der Waals surface area contributed by atoms with Crippen LogP contribution in [0, 0.1) is 12.8 Å². The Balaban J connectivity index is 1.58. The average Bonchev–Trinajstić information content (AvgIpc) is 2.74. The van der Waals surface area contributed by atoms with E-state index < -0.39 is 10.0 Å². The first-order chi connectivity index (χ1) is 14.4. The normalized spacial score (nSPS) is 20.0. The van der Waals surface area contributed by atoms with Crippen LogP contribution in [0.1, 0.15) is 35.6 Å². The monoisotopic (exact) mass is 430 g/mol. The Labute approximate surface area is 178 Å². The number of primary sulfonamides is 1. The van der Waals surface area contributed by atoms with Gasteiger partial charge in [-0.25, -0.2) is 13.6 Å². The van der Waals surface area contributed by atoms with E-state index in [4.69, 9.17) is 9.88 Å². The van der Waals surface area contributed by atoms with Crippen molar-refractivity contribution in [2.24, 2.45) is 16.0 Å². The Morgan fingerprint density at radius 1 is 1.20 bits per heavy atom. The zero-order valence-corrected chi connectivity index (χ0v) is 18.3. The molecule has 0 aromatic heterocycles. The molecule has 4 N–H and O–H groups in total. The van der Waals surface area contributed by atoms with Crippen LogP contribution in [0.25, 0.3) is 0 Å². The number of nitrogens with two attached hydrogens (primary N) is 1. The zero-order valence-electron chi connectivity index (χ0n) is 17.5. The molecule has 2 aromatic rings. The van der Waals surface area contributed by atoms with Gasteiger partial charge in [-0.1, -0.05) is 42.0 Å². The standard InChI is InChI=1S/C22H30N4O3S/c1-16-8-10-18(11-9-16)21-19(6-4-12-29-21)15-26-22(24-2)25-14-17-5-3-7-20(13-17)30(23,27)28/h3,5,7-11,13,19,21H,4,6,12,14-15H2,1-2H3,(H2,23,27,28)(H2,24,25,26). The summed E-state index contributed by atoms with van der Waals surface area (Å²) in [6.45, 7) is 4.03. The van der Waals surface area contributed by atoms with Crippen molar-refractivity contribution in [2.45, 2.75) is 37.3 Å². The summed E-state index contributed by atoms with van der Waals surface area (Å²) in [6, 6.07) is 15.1. The molecule has 8 heteroatoms. The number of ether oxygens (including phenoxy) is 1. The van der Waals surface area contributed by atoms with Gasteiger partial charge in [-0.2, -0.15) is 0 Å². The molecule has 0 aliphatic carbocycles. The molecule has 2 atom stereocenters. The molecule has 2 unspecified atom stereocenters. The summed E-state index contributed by atoms with van der Waals surface area (Å²) in [7, 11) is -2.00. The Kier molecular flexibility index (Phi) is 7.47. The van der Waals surface area contributed by atoms with Crippen LogP contribution in [0.4, 0.5) is 0 Å². The molecule has 0 amide bonds. The van der Waals surface area contributed by atoms with E-state index in [-0.39, 0.29) is 11.0 Å². The molecular weight excluding hydrogens is 400 g/mol. The fraction of sp³-hybridized carbons (Fsp3) is 0.409. The lowest BCUT2D eigenvalue weighted by Crippen LogP contribution is -2.41. The molecular formula is C22H30N4O3S. The number of guanidine groups is 1. The zero-order chi connectivity index (χ0) is 21.6. The maximum Gasteiger partial charge on any atom is 0.238 e. The molecule has 162 valence electrons. The van der Waals surface area contributed by atoms with E-state index in [1.807, 2.05) is 6.07 Å². The molecule has 0 saturated carbocycles. The second-order valence-electron chi connectivity index (χ2n) is 7.60. The van der Waals surface area contributed by atoms with Crippen LogP contribution in [0.15, 0.2) is 58.4 Å². The second kappa shape index (κ2) is 10.1. The summed E-state index contributed by atoms with van der Waals surface area (Å²) in [6.07, 6.45) is 2.19. The number of hydrogen-bond acceptors (Lipinski definition) is 4. The maximum absolute atomic E-state index is 11.5. The lowest BCUT2D eigenvalue weighted by atomic mass is 9.89. The van der Waals surface area contributed by atoms with Crippen molar-refractivity contribution in [3.8, 4) is 0 Å². The summed E-state index contributed by atoms with van der Waals surface area (Å²) < 4.78 is 29.2. The third-order valence-corrected chi connectivity index (χ3v) is 6.20. The van der Waals surface area contributed by atoms with E-state index in [0.29, 0.717) is 18.4 Å². The SMILES string of the molecule is CN=C(NCc1cccc(S(N)(=O)=O)c1)NCC1CCCOC1c1ccc(C)cc1. The van der Waals surface area contributed by atoms with Crippen molar-refractivity contribution in [1.82, 2.24) is 10.6 Å². The Bertz CT molecular complexity index is 974. The van der Waals surface area contributed by atoms with Crippen LogP contribution in [0.3, 0.4) is 0 Å². The molecule has 1 aliphatic rings. The van der Waals surface area contributed by atoms with Crippen molar-refractivity contribution in [3.05, 3.63) is 65.2 Å². The molecule has 7 nitrogen and oxygen atoms in total. The lowest BCUT2D eigenvalue weighted by molar-refractivity contribution is -0.0265. The number of nitrogens with zero attached hydrogens (tertiary/aromatic N) is 1. The fourth-order valence-corrected chi connectivity index (χ4v) is 4.23. The summed E-state index contributed by atoms with van der Waals surface area (Å²) in [5, 5.41) is 11.8. The number of aliphatic imine (C=N–C) groups is 1. The Morgan fingerprint density at radius 2 is 1.97 bits per heavy atom. The third-order valence-electron chi connectivity index (χ3n) is 5.29. The smallest absolute Gasteiger partial charge is 0.238 e. The van der Waals surface area contributed by atoms with Crippen LogP contribution in [-0.2, 0) is 21.3 Å². The van der Waals surface area contributed by atoms with Gasteiger partial charge in [0.1, 0.15) is 0 Å². The highest BCUT2D eigenvalue weighted by Crippen LogP contribution is 2.33. The van der Waals surface area contributed by atoms with E-state index in [0.717, 1.165) is 31.6 Å². The van der Waals surface area contributed by atoms with Crippen LogP contribution < -0.4 is 15.8 Å². The molecule has 0 spiro atoms. The first-order valence-corrected chi connectivity index (χ1v) is 11.7. The highest BCUT2D eigenvalue weighted by atomic mass is 32.2. The number of sulfonamides is 1. The quantitative estimate of drug-likeness (QED) is 0.482. The number of nitrogens with one attached hydrogen (secondary N) is 2. The van der Waals surface area contributed by atoms with E-state index >= 15 is 0 Å². The van der Waals surface area contributed by atoms with Gasteiger partial charge in [-0.05, 0) is 43.0 Å². The first-order valence-electron chi connectivity index (χ1n) is 10.1. The van der Waals surface area contributed by atoms with Crippen LogP contribution in [-0.4, -0.2) is 34.6 Å². The van der Waals surface area contributed by atoms with Crippen molar-refractivity contribution < 1.29 is 13.2 Å². The molecule has 3 rings (SSSR count). The van der Waals surface area contributed by atoms with Crippen LogP contribution in [0.5, 0.6) is 0 Å². The molecule has 1 aliphatic heterocycles. The minimum Gasteiger partial charge on any atom is -0.373 e. The summed E-state index contributed by atoms with van der Waals surface area (Å²) in [5.74, 6) is 0.995. The van der Waals surface area contributed by atoms with E-state index in [1.54, 1.807) is 19.2 Å². The molecule has 1 fully saturated rings. The average molecular weight is 431 g/mol. The first kappa shape index (κ1) is 22.3. The van der Waals surface area contributed by atoms with Gasteiger partial charge in [0.15, 0.2) is 5.96 Å². The maximum atomic E-state index is 11.5. The highest BCUT2D eigenvalue weighted by Gasteiger charge is 2.27. The van der Waals surface area contributed by atoms with Gasteiger partial charge in [0.05, 0.1) is 11.0 Å². The van der Waals surface area contributed by atoms with Crippen molar-refractivity contribution >= 4 is 16.0 Å². The summed E-state index contributed by atoms with van der Waals surface area (Å²) >= 11 is 0. The predicted molar refractivity (Wildman–Crippen MR) is 119 cm³/mol. The van der Waals surface area contributed by atoms with Gasteiger partial charge in [0.2, 0.25) is 10.0 Å². The van der Waals surface area contributed by atoms with Gasteiger partial charge >= 0.3 is 0 Å². The second-order valence-corrected chi connectivity index (χ2v) is 9.16. The summed E-state index contributed by atoms with van der Waals surface area (Å²) in [5.41, 5.74) is 3.25. The van der Waals surface area contributed by atoms with Gasteiger partial charge in [-0.3, -0.25) is 4.99 Å². The Hall–Kier alpha value is -2.42. The largest absolute Gasteiger partial charge is 0.373 e. The predicted octanol–water partition coefficient (Wildman–Crippen LogP) is 2.48. The number of hydrogen-bond donors (Lipinski definition) is 3. The third kappa shape index (κ3) is 6.04. The minimum absolute atomic E-state index is 0.0661. The Morgan fingerprint density at radius 3 is 2.67 bits per heavy atom. The molecule has 2 aromatic carbocycles. The van der Waals surface area contributed by atoms with Crippen molar-refractivity contribution in [1.29, 1.82) is 0 Å². The fourth-order valence-electron chi connectivity index (χ4n) is 3.64. The number of aryl methyl sites for hydroxylation is 1. The molecule has 30 heavy (non-hydrogen) atoms. The highest BCUT2D eigenvalue weighted by molar-refractivity contribution is 7.89. The lowest BCUT2D eigenvalue weighted by Gasteiger charge is -2.32. The van der Waals surface area contributed by atoms with Gasteiger partial charge < -0.3 is 15.4 Å². The van der Waals surface area contributed by atoms with Crippen LogP contribution in [0.2, 0.25) is 0 Å². The number of rotatable bonds is 6. The van der Waals surface area contributed by atoms with E-state index in [9.17, 15) is 8.42 Å². The van der Waals surface area contributed by atoms with E-state index in [1.165, 1.54) is 17.2 Å². The molecule has 1 heterocycles. The number of benzene rings is 2. The minimum atomic E-state index is -3.72. The molecule has 0 bridgehead atoms. The van der Waals surface area contributed by atoms with Crippen molar-refractivity contribution in [3.63, 3.8) is 0 Å². The molecule has 1 saturated heterocycles. The van der Waals surface area contributed by atoms with E-state index in [2.05, 4.69) is 46.8 Å². The summed E-state index contributed by atoms with van der Waals surface area (Å²) in [4.78, 5) is 4.38. The van der Waals surface area contributed by atoms with Crippen molar-refractivity contribution in [2.75, 3.05) is 20.2 Å². The van der Waals surface area contributed by atoms with Gasteiger partial charge in [0.25, 0.3) is 0 Å².